The fourth-order valence-corrected chi connectivity index (χ4v) is 2.58. The first-order valence-corrected chi connectivity index (χ1v) is 8.67. The summed E-state index contributed by atoms with van der Waals surface area (Å²) in [5.41, 5.74) is -2.02. The van der Waals surface area contributed by atoms with E-state index in [2.05, 4.69) is 20.9 Å². The standard InChI is InChI=1S/C19H15F4N5O2/c20-13-6-8-14(9-7-13)28-16(19(21,22)23)15(26-27-28)18(30)25-11-10-24-17(29)12-4-2-1-3-5-12/h1-9H,10-11H2,(H,24,29)(H,25,30). The number of hydrogen-bond acceptors (Lipinski definition) is 4. The first-order valence-electron chi connectivity index (χ1n) is 8.67. The molecule has 1 aromatic heterocycles. The van der Waals surface area contributed by atoms with E-state index < -0.39 is 29.3 Å². The lowest BCUT2D eigenvalue weighted by Crippen LogP contribution is -2.35. The Morgan fingerprint density at radius 2 is 1.50 bits per heavy atom. The number of amides is 2. The van der Waals surface area contributed by atoms with Crippen LogP contribution in [0.4, 0.5) is 17.6 Å². The Morgan fingerprint density at radius 1 is 0.900 bits per heavy atom. The van der Waals surface area contributed by atoms with Gasteiger partial charge in [0.05, 0.1) is 5.69 Å². The minimum atomic E-state index is -4.94. The number of rotatable bonds is 6. The van der Waals surface area contributed by atoms with Gasteiger partial charge >= 0.3 is 6.18 Å². The Labute approximate surface area is 167 Å². The van der Waals surface area contributed by atoms with Crippen LogP contribution in [0.1, 0.15) is 26.5 Å². The number of hydrogen-bond donors (Lipinski definition) is 2. The van der Waals surface area contributed by atoms with Crippen molar-refractivity contribution < 1.29 is 27.2 Å². The first kappa shape index (κ1) is 21.0. The van der Waals surface area contributed by atoms with Gasteiger partial charge in [-0.3, -0.25) is 9.59 Å². The summed E-state index contributed by atoms with van der Waals surface area (Å²) < 4.78 is 54.1. The Balaban J connectivity index is 1.68. The molecule has 0 bridgehead atoms. The molecular formula is C19H15F4N5O2. The van der Waals surface area contributed by atoms with Gasteiger partial charge in [-0.05, 0) is 36.4 Å². The Hall–Kier alpha value is -3.76. The van der Waals surface area contributed by atoms with E-state index in [0.29, 0.717) is 10.2 Å². The third-order valence-electron chi connectivity index (χ3n) is 3.96. The lowest BCUT2D eigenvalue weighted by molar-refractivity contribution is -0.143. The van der Waals surface area contributed by atoms with Crippen LogP contribution in [0.3, 0.4) is 0 Å². The lowest BCUT2D eigenvalue weighted by atomic mass is 10.2. The van der Waals surface area contributed by atoms with Crippen LogP contribution < -0.4 is 10.6 Å². The van der Waals surface area contributed by atoms with Crippen molar-refractivity contribution in [3.8, 4) is 5.69 Å². The maximum Gasteiger partial charge on any atom is 0.435 e. The van der Waals surface area contributed by atoms with E-state index in [1.807, 2.05) is 0 Å². The SMILES string of the molecule is O=C(NCCNC(=O)c1nnn(-c2ccc(F)cc2)c1C(F)(F)F)c1ccccc1. The lowest BCUT2D eigenvalue weighted by Gasteiger charge is -2.11. The van der Waals surface area contributed by atoms with Crippen molar-refractivity contribution in [2.45, 2.75) is 6.18 Å². The molecule has 2 aromatic carbocycles. The molecular weight excluding hydrogens is 406 g/mol. The summed E-state index contributed by atoms with van der Waals surface area (Å²) >= 11 is 0. The summed E-state index contributed by atoms with van der Waals surface area (Å²) in [6.07, 6.45) is -4.94. The summed E-state index contributed by atoms with van der Waals surface area (Å²) in [6, 6.07) is 12.4. The average molecular weight is 421 g/mol. The number of aromatic nitrogens is 3. The van der Waals surface area contributed by atoms with E-state index in [-0.39, 0.29) is 24.7 Å². The van der Waals surface area contributed by atoms with Gasteiger partial charge in [-0.15, -0.1) is 5.10 Å². The zero-order chi connectivity index (χ0) is 21.7. The quantitative estimate of drug-likeness (QED) is 0.473. The minimum absolute atomic E-state index is 0.00703. The van der Waals surface area contributed by atoms with Crippen LogP contribution >= 0.6 is 0 Å². The van der Waals surface area contributed by atoms with Crippen LogP contribution in [0, 0.1) is 5.82 Å². The molecule has 2 amide bonds. The minimum Gasteiger partial charge on any atom is -0.350 e. The number of carbonyl (C=O) groups excluding carboxylic acids is 2. The average Bonchev–Trinajstić information content (AvgIpc) is 3.18. The van der Waals surface area contributed by atoms with Gasteiger partial charge in [0.15, 0.2) is 11.4 Å². The molecule has 2 N–H and O–H groups in total. The second kappa shape index (κ2) is 8.72. The Kier molecular flexibility index (Phi) is 6.09. The number of halogens is 4. The third-order valence-corrected chi connectivity index (χ3v) is 3.96. The van der Waals surface area contributed by atoms with Gasteiger partial charge in [-0.1, -0.05) is 23.4 Å². The smallest absolute Gasteiger partial charge is 0.350 e. The van der Waals surface area contributed by atoms with Crippen LogP contribution in [0.25, 0.3) is 5.69 Å². The van der Waals surface area contributed by atoms with E-state index in [9.17, 15) is 27.2 Å². The zero-order valence-corrected chi connectivity index (χ0v) is 15.3. The maximum atomic E-state index is 13.5. The summed E-state index contributed by atoms with van der Waals surface area (Å²) in [5.74, 6) is -2.13. The molecule has 0 spiro atoms. The molecule has 0 unspecified atom stereocenters. The molecule has 0 radical (unpaired) electrons. The molecule has 0 aliphatic heterocycles. The van der Waals surface area contributed by atoms with Gasteiger partial charge in [-0.2, -0.15) is 13.2 Å². The highest BCUT2D eigenvalue weighted by Gasteiger charge is 2.41. The molecule has 1 heterocycles. The normalized spacial score (nSPS) is 11.2. The summed E-state index contributed by atoms with van der Waals surface area (Å²) in [4.78, 5) is 24.1. The molecule has 0 saturated heterocycles. The van der Waals surface area contributed by atoms with Gasteiger partial charge in [-0.25, -0.2) is 9.07 Å². The molecule has 30 heavy (non-hydrogen) atoms. The van der Waals surface area contributed by atoms with Gasteiger partial charge in [0.25, 0.3) is 11.8 Å². The zero-order valence-electron chi connectivity index (χ0n) is 15.3. The van der Waals surface area contributed by atoms with Gasteiger partial charge in [0.1, 0.15) is 5.82 Å². The van der Waals surface area contributed by atoms with Crippen molar-refractivity contribution in [2.24, 2.45) is 0 Å². The van der Waals surface area contributed by atoms with Crippen molar-refractivity contribution >= 4 is 11.8 Å². The van der Waals surface area contributed by atoms with Gasteiger partial charge < -0.3 is 10.6 Å². The van der Waals surface area contributed by atoms with Crippen molar-refractivity contribution in [3.05, 3.63) is 77.4 Å². The summed E-state index contributed by atoms with van der Waals surface area (Å²) in [6.45, 7) is -0.134. The highest BCUT2D eigenvalue weighted by Crippen LogP contribution is 2.32. The van der Waals surface area contributed by atoms with Gasteiger partial charge in [0.2, 0.25) is 0 Å². The highest BCUT2D eigenvalue weighted by atomic mass is 19.4. The second-order valence-corrected chi connectivity index (χ2v) is 6.05. The Bertz CT molecular complexity index is 1030. The van der Waals surface area contributed by atoms with Crippen LogP contribution in [-0.2, 0) is 6.18 Å². The Morgan fingerprint density at radius 3 is 2.10 bits per heavy atom. The number of nitrogens with one attached hydrogen (secondary N) is 2. The fraction of sp³-hybridized carbons (Fsp3) is 0.158. The van der Waals surface area contributed by atoms with E-state index in [4.69, 9.17) is 0 Å². The molecule has 0 saturated carbocycles. The second-order valence-electron chi connectivity index (χ2n) is 6.05. The van der Waals surface area contributed by atoms with Crippen LogP contribution in [0.2, 0.25) is 0 Å². The molecule has 7 nitrogen and oxygen atoms in total. The third kappa shape index (κ3) is 4.80. The molecule has 11 heteroatoms. The van der Waals surface area contributed by atoms with E-state index in [1.54, 1.807) is 30.3 Å². The predicted molar refractivity (Wildman–Crippen MR) is 97.4 cm³/mol. The molecule has 3 aromatic rings. The summed E-state index contributed by atoms with van der Waals surface area (Å²) in [7, 11) is 0. The molecule has 0 aliphatic carbocycles. The molecule has 0 atom stereocenters. The number of alkyl halides is 3. The maximum absolute atomic E-state index is 13.5. The van der Waals surface area contributed by atoms with E-state index in [0.717, 1.165) is 24.3 Å². The van der Waals surface area contributed by atoms with Crippen LogP contribution in [-0.4, -0.2) is 39.9 Å². The van der Waals surface area contributed by atoms with Crippen molar-refractivity contribution in [1.82, 2.24) is 25.6 Å². The molecule has 0 fully saturated rings. The van der Waals surface area contributed by atoms with Crippen molar-refractivity contribution in [3.63, 3.8) is 0 Å². The van der Waals surface area contributed by atoms with Crippen molar-refractivity contribution in [1.29, 1.82) is 0 Å². The number of carbonyl (C=O) groups is 2. The van der Waals surface area contributed by atoms with Gasteiger partial charge in [0, 0.05) is 18.7 Å². The first-order chi connectivity index (χ1) is 14.3. The topological polar surface area (TPSA) is 88.9 Å². The molecule has 3 rings (SSSR count). The van der Waals surface area contributed by atoms with Crippen LogP contribution in [0.15, 0.2) is 54.6 Å². The van der Waals surface area contributed by atoms with Crippen molar-refractivity contribution in [2.75, 3.05) is 13.1 Å². The number of benzene rings is 2. The predicted octanol–water partition coefficient (Wildman–Crippen LogP) is 2.59. The fourth-order valence-electron chi connectivity index (χ4n) is 2.58. The number of nitrogens with zero attached hydrogens (tertiary/aromatic N) is 3. The molecule has 156 valence electrons. The van der Waals surface area contributed by atoms with E-state index >= 15 is 0 Å². The van der Waals surface area contributed by atoms with Crippen LogP contribution in [0.5, 0.6) is 0 Å². The van der Waals surface area contributed by atoms with E-state index in [1.165, 1.54) is 0 Å². The summed E-state index contributed by atoms with van der Waals surface area (Å²) in [5, 5.41) is 11.5. The largest absolute Gasteiger partial charge is 0.435 e. The monoisotopic (exact) mass is 421 g/mol. The molecule has 0 aliphatic rings. The highest BCUT2D eigenvalue weighted by molar-refractivity contribution is 5.94.